The lowest BCUT2D eigenvalue weighted by atomic mass is 10.9. The Morgan fingerprint density at radius 1 is 1.86 bits per heavy atom. The summed E-state index contributed by atoms with van der Waals surface area (Å²) in [7, 11) is 0. The van der Waals surface area contributed by atoms with Crippen LogP contribution in [0.3, 0.4) is 0 Å². The largest absolute Gasteiger partial charge is 0.333 e. The molecular weight excluding hydrogens is 118 g/mol. The van der Waals surface area contributed by atoms with E-state index in [-0.39, 0.29) is 5.28 Å². The van der Waals surface area contributed by atoms with Crippen molar-refractivity contribution in [3.8, 4) is 0 Å². The quantitative estimate of drug-likeness (QED) is 0.548. The van der Waals surface area contributed by atoms with E-state index in [0.29, 0.717) is 0 Å². The third kappa shape index (κ3) is 0.899. The molecule has 1 aromatic rings. The molecule has 2 nitrogen and oxygen atoms in total. The van der Waals surface area contributed by atoms with Crippen LogP contribution in [0, 0.1) is 5.95 Å². The van der Waals surface area contributed by atoms with Crippen molar-refractivity contribution >= 4 is 11.6 Å². The van der Waals surface area contributed by atoms with Crippen LogP contribution < -0.4 is 0 Å². The first-order chi connectivity index (χ1) is 3.29. The van der Waals surface area contributed by atoms with E-state index in [4.69, 9.17) is 11.6 Å². The summed E-state index contributed by atoms with van der Waals surface area (Å²) in [5.41, 5.74) is 0. The van der Waals surface area contributed by atoms with Crippen molar-refractivity contribution in [3.05, 3.63) is 17.4 Å². The van der Waals surface area contributed by atoms with E-state index in [9.17, 15) is 4.39 Å². The van der Waals surface area contributed by atoms with Crippen LogP contribution in [0.25, 0.3) is 0 Å². The van der Waals surface area contributed by atoms with Gasteiger partial charge in [-0.1, -0.05) is 0 Å². The molecule has 7 heavy (non-hydrogen) atoms. The third-order valence-electron chi connectivity index (χ3n) is 0.515. The summed E-state index contributed by atoms with van der Waals surface area (Å²) in [6, 6.07) is 0. The number of nitrogens with one attached hydrogen (secondary N) is 1. The van der Waals surface area contributed by atoms with Crippen molar-refractivity contribution in [1.29, 1.82) is 0 Å². The summed E-state index contributed by atoms with van der Waals surface area (Å²) in [6.45, 7) is 0. The Hall–Kier alpha value is -0.570. The molecule has 4 heteroatoms. The monoisotopic (exact) mass is 120 g/mol. The first kappa shape index (κ1) is 4.59. The molecule has 0 saturated heterocycles. The topological polar surface area (TPSA) is 28.7 Å². The van der Waals surface area contributed by atoms with Crippen LogP contribution >= 0.6 is 11.6 Å². The molecule has 0 fully saturated rings. The number of hydrogen-bond donors (Lipinski definition) is 1. The second-order valence-corrected chi connectivity index (χ2v) is 1.37. The normalized spacial score (nSPS) is 9.43. The Labute approximate surface area is 44.3 Å². The molecule has 0 aromatic carbocycles. The third-order valence-corrected chi connectivity index (χ3v) is 0.709. The van der Waals surface area contributed by atoms with E-state index in [2.05, 4.69) is 9.97 Å². The highest BCUT2D eigenvalue weighted by Gasteiger charge is 1.91. The van der Waals surface area contributed by atoms with Crippen molar-refractivity contribution in [2.75, 3.05) is 0 Å². The van der Waals surface area contributed by atoms with Crippen molar-refractivity contribution < 1.29 is 4.39 Å². The van der Waals surface area contributed by atoms with Crippen LogP contribution in [-0.2, 0) is 0 Å². The number of aromatic amines is 1. The number of imidazole rings is 1. The van der Waals surface area contributed by atoms with Gasteiger partial charge in [0.2, 0.25) is 11.2 Å². The minimum Gasteiger partial charge on any atom is -0.333 e. The van der Waals surface area contributed by atoms with Gasteiger partial charge in [0.05, 0.1) is 6.20 Å². The van der Waals surface area contributed by atoms with Crippen LogP contribution in [0.1, 0.15) is 0 Å². The molecule has 0 aliphatic rings. The van der Waals surface area contributed by atoms with Gasteiger partial charge < -0.3 is 4.98 Å². The Balaban J connectivity index is 3.04. The molecule has 0 radical (unpaired) electrons. The molecule has 0 bridgehead atoms. The molecule has 0 aliphatic carbocycles. The highest BCUT2D eigenvalue weighted by Crippen LogP contribution is 1.98. The fourth-order valence-electron chi connectivity index (χ4n) is 0.277. The van der Waals surface area contributed by atoms with E-state index in [1.165, 1.54) is 0 Å². The number of aromatic nitrogens is 2. The van der Waals surface area contributed by atoms with Gasteiger partial charge in [-0.25, -0.2) is 0 Å². The predicted molar refractivity (Wildman–Crippen MR) is 23.6 cm³/mol. The smallest absolute Gasteiger partial charge is 0.231 e. The van der Waals surface area contributed by atoms with Crippen LogP contribution in [-0.4, -0.2) is 9.97 Å². The number of rotatable bonds is 0. The lowest BCUT2D eigenvalue weighted by Gasteiger charge is -1.65. The lowest BCUT2D eigenvalue weighted by Crippen LogP contribution is -1.64. The summed E-state index contributed by atoms with van der Waals surface area (Å²) < 4.78 is 11.7. The van der Waals surface area contributed by atoms with Gasteiger partial charge in [-0.2, -0.15) is 9.37 Å². The summed E-state index contributed by atoms with van der Waals surface area (Å²) in [6.07, 6.45) is 1.09. The highest BCUT2D eigenvalue weighted by molar-refractivity contribution is 6.28. The molecule has 0 spiro atoms. The minimum absolute atomic E-state index is 0.0810. The van der Waals surface area contributed by atoms with E-state index in [1.807, 2.05) is 0 Å². The summed E-state index contributed by atoms with van der Waals surface area (Å²) in [5.74, 6) is -0.579. The predicted octanol–water partition coefficient (Wildman–Crippen LogP) is 1.20. The summed E-state index contributed by atoms with van der Waals surface area (Å²) in [5, 5.41) is 0.0810. The molecule has 0 atom stereocenters. The van der Waals surface area contributed by atoms with Gasteiger partial charge in [0.1, 0.15) is 0 Å². The number of halogens is 2. The van der Waals surface area contributed by atoms with E-state index in [0.717, 1.165) is 6.20 Å². The van der Waals surface area contributed by atoms with Crippen molar-refractivity contribution in [3.63, 3.8) is 0 Å². The Bertz CT molecular complexity index is 145. The molecule has 1 heterocycles. The molecule has 1 N–H and O–H groups in total. The molecule has 0 aliphatic heterocycles. The Kier molecular flexibility index (Phi) is 0.982. The zero-order valence-corrected chi connectivity index (χ0v) is 4.04. The van der Waals surface area contributed by atoms with Gasteiger partial charge in [0.15, 0.2) is 0 Å². The number of hydrogen-bond acceptors (Lipinski definition) is 1. The van der Waals surface area contributed by atoms with Gasteiger partial charge in [-0.3, -0.25) is 0 Å². The minimum atomic E-state index is -0.579. The fraction of sp³-hybridized carbons (Fsp3) is 0. The maximum absolute atomic E-state index is 11.7. The number of nitrogens with zero attached hydrogens (tertiary/aromatic N) is 1. The molecule has 0 saturated carbocycles. The van der Waals surface area contributed by atoms with E-state index in [1.54, 1.807) is 0 Å². The van der Waals surface area contributed by atoms with Crippen molar-refractivity contribution in [1.82, 2.24) is 9.97 Å². The lowest BCUT2D eigenvalue weighted by molar-refractivity contribution is 0.591. The first-order valence-corrected chi connectivity index (χ1v) is 2.03. The van der Waals surface area contributed by atoms with Crippen LogP contribution in [0.5, 0.6) is 0 Å². The fourth-order valence-corrected chi connectivity index (χ4v) is 0.413. The number of H-pyrrole nitrogens is 1. The Morgan fingerprint density at radius 2 is 2.57 bits per heavy atom. The average molecular weight is 121 g/mol. The zero-order chi connectivity index (χ0) is 5.28. The molecule has 38 valence electrons. The van der Waals surface area contributed by atoms with Crippen LogP contribution in [0.15, 0.2) is 6.20 Å². The van der Waals surface area contributed by atoms with Gasteiger partial charge >= 0.3 is 0 Å². The zero-order valence-electron chi connectivity index (χ0n) is 3.28. The van der Waals surface area contributed by atoms with Gasteiger partial charge in [-0.05, 0) is 11.6 Å². The molecule has 0 unspecified atom stereocenters. The standard InChI is InChI=1S/C3H2ClFN2/c4-3-6-1-2(5)7-3/h1H,(H,6,7). The maximum atomic E-state index is 11.7. The summed E-state index contributed by atoms with van der Waals surface area (Å²) >= 11 is 5.15. The van der Waals surface area contributed by atoms with Crippen molar-refractivity contribution in [2.45, 2.75) is 0 Å². The second kappa shape index (κ2) is 1.50. The summed E-state index contributed by atoms with van der Waals surface area (Å²) in [4.78, 5) is 5.50. The molecule has 1 rings (SSSR count). The SMILES string of the molecule is Fc1c[nH]c(Cl)n1. The molecular formula is C3H2ClFN2. The molecule has 1 aromatic heterocycles. The van der Waals surface area contributed by atoms with Gasteiger partial charge in [0.25, 0.3) is 0 Å². The Morgan fingerprint density at radius 3 is 2.71 bits per heavy atom. The molecule has 0 amide bonds. The average Bonchev–Trinajstić information content (AvgIpc) is 1.87. The van der Waals surface area contributed by atoms with Crippen LogP contribution in [0.2, 0.25) is 5.28 Å². The van der Waals surface area contributed by atoms with Gasteiger partial charge in [-0.15, -0.1) is 0 Å². The maximum Gasteiger partial charge on any atom is 0.231 e. The highest BCUT2D eigenvalue weighted by atomic mass is 35.5. The van der Waals surface area contributed by atoms with Crippen molar-refractivity contribution in [2.24, 2.45) is 0 Å². The van der Waals surface area contributed by atoms with E-state index >= 15 is 0 Å². The first-order valence-electron chi connectivity index (χ1n) is 1.65. The second-order valence-electron chi connectivity index (χ2n) is 1.01. The van der Waals surface area contributed by atoms with Gasteiger partial charge in [0, 0.05) is 0 Å². The van der Waals surface area contributed by atoms with E-state index < -0.39 is 5.95 Å². The van der Waals surface area contributed by atoms with Crippen LogP contribution in [0.4, 0.5) is 4.39 Å².